The molecule has 2 aromatic rings. The Kier molecular flexibility index (Phi) is 10.9. The van der Waals surface area contributed by atoms with Gasteiger partial charge in [0.15, 0.2) is 0 Å². The number of rotatable bonds is 13. The molecule has 3 atom stereocenters. The Morgan fingerprint density at radius 3 is 1.66 bits per heavy atom. The average Bonchev–Trinajstić information content (AvgIpc) is 2.83. The van der Waals surface area contributed by atoms with Crippen LogP contribution < -0.4 is 21.7 Å². The lowest BCUT2D eigenvalue weighted by Gasteiger charge is -2.25. The summed E-state index contributed by atoms with van der Waals surface area (Å²) in [5.74, 6) is -2.73. The molecule has 0 saturated heterocycles. The molecule has 0 bridgehead atoms. The predicted molar refractivity (Wildman–Crippen MR) is 132 cm³/mol. The Balaban J connectivity index is 2.22. The van der Waals surface area contributed by atoms with E-state index >= 15 is 0 Å². The van der Waals surface area contributed by atoms with Gasteiger partial charge in [0.05, 0.1) is 6.54 Å². The van der Waals surface area contributed by atoms with Gasteiger partial charge in [-0.05, 0) is 23.5 Å². The first-order valence-electron chi connectivity index (χ1n) is 11.6. The van der Waals surface area contributed by atoms with Crippen LogP contribution in [0.15, 0.2) is 60.7 Å². The third-order valence-electron chi connectivity index (χ3n) is 5.36. The van der Waals surface area contributed by atoms with E-state index in [2.05, 4.69) is 16.0 Å². The highest BCUT2D eigenvalue weighted by molar-refractivity contribution is 5.93. The van der Waals surface area contributed by atoms with Crippen LogP contribution in [0.3, 0.4) is 0 Å². The average molecular weight is 483 g/mol. The second-order valence-electron chi connectivity index (χ2n) is 8.79. The summed E-state index contributed by atoms with van der Waals surface area (Å²) in [6.45, 7) is 3.55. The van der Waals surface area contributed by atoms with Crippen molar-refractivity contribution in [2.45, 2.75) is 51.2 Å². The molecule has 6 N–H and O–H groups in total. The third kappa shape index (κ3) is 9.58. The molecular formula is C26H34N4O5. The molecule has 0 aliphatic heterocycles. The van der Waals surface area contributed by atoms with Crippen LogP contribution >= 0.6 is 0 Å². The van der Waals surface area contributed by atoms with E-state index in [9.17, 15) is 24.3 Å². The van der Waals surface area contributed by atoms with Gasteiger partial charge in [-0.3, -0.25) is 14.4 Å². The lowest BCUT2D eigenvalue weighted by Crippen LogP contribution is -2.57. The van der Waals surface area contributed by atoms with Crippen molar-refractivity contribution >= 4 is 23.7 Å². The van der Waals surface area contributed by atoms with Crippen molar-refractivity contribution in [1.29, 1.82) is 0 Å². The third-order valence-corrected chi connectivity index (χ3v) is 5.36. The lowest BCUT2D eigenvalue weighted by molar-refractivity contribution is -0.142. The summed E-state index contributed by atoms with van der Waals surface area (Å²) in [4.78, 5) is 50.0. The normalized spacial score (nSPS) is 13.4. The van der Waals surface area contributed by atoms with Crippen molar-refractivity contribution in [3.05, 3.63) is 71.8 Å². The molecular weight excluding hydrogens is 448 g/mol. The number of carbonyl (C=O) groups excluding carboxylic acids is 3. The molecule has 2 aromatic carbocycles. The molecule has 3 amide bonds. The van der Waals surface area contributed by atoms with Crippen LogP contribution in [0.4, 0.5) is 0 Å². The number of benzene rings is 2. The first-order chi connectivity index (χ1) is 16.7. The van der Waals surface area contributed by atoms with Crippen molar-refractivity contribution < 1.29 is 24.3 Å². The minimum Gasteiger partial charge on any atom is -0.480 e. The Bertz CT molecular complexity index is 982. The number of hydrogen-bond donors (Lipinski definition) is 5. The molecule has 0 aromatic heterocycles. The quantitative estimate of drug-likeness (QED) is 0.288. The number of amides is 3. The molecule has 0 aliphatic rings. The molecule has 0 aliphatic carbocycles. The summed E-state index contributed by atoms with van der Waals surface area (Å²) in [5, 5.41) is 17.6. The van der Waals surface area contributed by atoms with Crippen molar-refractivity contribution in [1.82, 2.24) is 16.0 Å². The van der Waals surface area contributed by atoms with Gasteiger partial charge in [0, 0.05) is 12.8 Å². The molecule has 0 fully saturated rings. The molecule has 9 nitrogen and oxygen atoms in total. The zero-order chi connectivity index (χ0) is 25.8. The second-order valence-corrected chi connectivity index (χ2v) is 8.79. The lowest BCUT2D eigenvalue weighted by atomic mass is 10.0. The number of nitrogens with one attached hydrogen (secondary N) is 3. The van der Waals surface area contributed by atoms with Crippen LogP contribution in [0.2, 0.25) is 0 Å². The zero-order valence-electron chi connectivity index (χ0n) is 20.1. The van der Waals surface area contributed by atoms with E-state index in [0.29, 0.717) is 6.42 Å². The predicted octanol–water partition coefficient (Wildman–Crippen LogP) is 1.02. The Morgan fingerprint density at radius 2 is 1.20 bits per heavy atom. The van der Waals surface area contributed by atoms with Crippen molar-refractivity contribution in [3.8, 4) is 0 Å². The standard InChI is InChI=1S/C26H34N4O5/c1-17(2)13-20(28-23(31)16-27)24(32)29-21(14-18-9-5-3-6-10-18)25(33)30-22(26(34)35)15-19-11-7-4-8-12-19/h3-12,17,20-22H,13-16,27H2,1-2H3,(H,28,31)(H,29,32)(H,30,33)(H,34,35). The summed E-state index contributed by atoms with van der Waals surface area (Å²) in [7, 11) is 0. The van der Waals surface area contributed by atoms with Gasteiger partial charge >= 0.3 is 5.97 Å². The molecule has 35 heavy (non-hydrogen) atoms. The minimum atomic E-state index is -1.18. The maximum Gasteiger partial charge on any atom is 0.326 e. The van der Waals surface area contributed by atoms with E-state index in [1.807, 2.05) is 50.2 Å². The van der Waals surface area contributed by atoms with Crippen LogP contribution in [0, 0.1) is 5.92 Å². The minimum absolute atomic E-state index is 0.0903. The van der Waals surface area contributed by atoms with E-state index in [1.54, 1.807) is 24.3 Å². The highest BCUT2D eigenvalue weighted by Gasteiger charge is 2.30. The summed E-state index contributed by atoms with van der Waals surface area (Å²) in [5.41, 5.74) is 6.93. The van der Waals surface area contributed by atoms with Crippen LogP contribution in [0.1, 0.15) is 31.4 Å². The van der Waals surface area contributed by atoms with Crippen LogP contribution in [0.5, 0.6) is 0 Å². The summed E-state index contributed by atoms with van der Waals surface area (Å²) in [6.07, 6.45) is 0.592. The molecule has 9 heteroatoms. The number of carboxylic acids is 1. The SMILES string of the molecule is CC(C)CC(NC(=O)CN)C(=O)NC(Cc1ccccc1)C(=O)NC(Cc1ccccc1)C(=O)O. The Hall–Kier alpha value is -3.72. The Morgan fingerprint density at radius 1 is 0.743 bits per heavy atom. The monoisotopic (exact) mass is 482 g/mol. The van der Waals surface area contributed by atoms with E-state index in [1.165, 1.54) is 0 Å². The van der Waals surface area contributed by atoms with Gasteiger partial charge in [-0.2, -0.15) is 0 Å². The van der Waals surface area contributed by atoms with Gasteiger partial charge in [0.2, 0.25) is 17.7 Å². The van der Waals surface area contributed by atoms with Gasteiger partial charge in [0.1, 0.15) is 18.1 Å². The topological polar surface area (TPSA) is 151 Å². The number of nitrogens with two attached hydrogens (primary N) is 1. The molecule has 188 valence electrons. The van der Waals surface area contributed by atoms with Crippen molar-refractivity contribution in [2.24, 2.45) is 11.7 Å². The fourth-order valence-corrected chi connectivity index (χ4v) is 3.61. The second kappa shape index (κ2) is 13.9. The summed E-state index contributed by atoms with van der Waals surface area (Å²) < 4.78 is 0. The molecule has 3 unspecified atom stereocenters. The van der Waals surface area contributed by atoms with Gasteiger partial charge in [0.25, 0.3) is 0 Å². The number of carboxylic acid groups (broad SMARTS) is 1. The summed E-state index contributed by atoms with van der Waals surface area (Å²) >= 11 is 0. The molecule has 0 heterocycles. The number of hydrogen-bond acceptors (Lipinski definition) is 5. The van der Waals surface area contributed by atoms with Crippen LogP contribution in [0.25, 0.3) is 0 Å². The maximum absolute atomic E-state index is 13.2. The number of carbonyl (C=O) groups is 4. The van der Waals surface area contributed by atoms with Crippen LogP contribution in [-0.2, 0) is 32.0 Å². The first kappa shape index (κ1) is 27.5. The van der Waals surface area contributed by atoms with Gasteiger partial charge in [-0.1, -0.05) is 74.5 Å². The highest BCUT2D eigenvalue weighted by Crippen LogP contribution is 2.09. The fraction of sp³-hybridized carbons (Fsp3) is 0.385. The van der Waals surface area contributed by atoms with E-state index < -0.39 is 41.8 Å². The molecule has 0 saturated carbocycles. The summed E-state index contributed by atoms with van der Waals surface area (Å²) in [6, 6.07) is 14.9. The van der Waals surface area contributed by atoms with E-state index in [-0.39, 0.29) is 25.3 Å². The number of aliphatic carboxylic acids is 1. The maximum atomic E-state index is 13.2. The first-order valence-corrected chi connectivity index (χ1v) is 11.6. The van der Waals surface area contributed by atoms with Gasteiger partial charge in [-0.15, -0.1) is 0 Å². The largest absolute Gasteiger partial charge is 0.480 e. The fourth-order valence-electron chi connectivity index (χ4n) is 3.61. The molecule has 0 spiro atoms. The zero-order valence-corrected chi connectivity index (χ0v) is 20.1. The van der Waals surface area contributed by atoms with Crippen molar-refractivity contribution in [2.75, 3.05) is 6.54 Å². The highest BCUT2D eigenvalue weighted by atomic mass is 16.4. The smallest absolute Gasteiger partial charge is 0.326 e. The van der Waals surface area contributed by atoms with Crippen LogP contribution in [-0.4, -0.2) is 53.5 Å². The van der Waals surface area contributed by atoms with E-state index in [4.69, 9.17) is 5.73 Å². The van der Waals surface area contributed by atoms with Gasteiger partial charge < -0.3 is 26.8 Å². The Labute approximate surface area is 205 Å². The van der Waals surface area contributed by atoms with E-state index in [0.717, 1.165) is 11.1 Å². The van der Waals surface area contributed by atoms with Crippen molar-refractivity contribution in [3.63, 3.8) is 0 Å². The van der Waals surface area contributed by atoms with Gasteiger partial charge in [-0.25, -0.2) is 4.79 Å². The molecule has 2 rings (SSSR count). The molecule has 0 radical (unpaired) electrons.